The average Bonchev–Trinajstić information content (AvgIpc) is 2.37. The van der Waals surface area contributed by atoms with Gasteiger partial charge in [-0.05, 0) is 36.3 Å². The molecule has 0 atom stereocenters. The van der Waals surface area contributed by atoms with Gasteiger partial charge in [-0.3, -0.25) is 4.79 Å². The number of amides is 1. The fourth-order valence-electron chi connectivity index (χ4n) is 3.02. The minimum absolute atomic E-state index is 0.0910. The van der Waals surface area contributed by atoms with E-state index in [1.54, 1.807) is 0 Å². The highest BCUT2D eigenvalue weighted by Crippen LogP contribution is 2.36. The maximum atomic E-state index is 14.1. The topological polar surface area (TPSA) is 72.3 Å². The quantitative estimate of drug-likeness (QED) is 0.824. The number of nitrogen functional groups attached to an aromatic ring is 1. The van der Waals surface area contributed by atoms with Crippen LogP contribution < -0.4 is 16.4 Å². The van der Waals surface area contributed by atoms with E-state index >= 15 is 0 Å². The van der Waals surface area contributed by atoms with E-state index in [0.717, 1.165) is 25.9 Å². The Bertz CT molecular complexity index is 543. The Balaban J connectivity index is 2.21. The molecular weight excluding hydrogens is 269 g/mol. The number of piperidine rings is 1. The van der Waals surface area contributed by atoms with Gasteiger partial charge in [-0.25, -0.2) is 4.39 Å². The molecule has 5 heteroatoms. The average molecular weight is 293 g/mol. The lowest BCUT2D eigenvalue weighted by Gasteiger charge is -2.40. The molecule has 1 aromatic rings. The molecule has 116 valence electrons. The molecule has 0 aliphatic carbocycles. The number of carbonyl (C=O) groups is 1. The summed E-state index contributed by atoms with van der Waals surface area (Å²) in [4.78, 5) is 13.3. The van der Waals surface area contributed by atoms with E-state index in [2.05, 4.69) is 20.8 Å². The number of primary amides is 1. The van der Waals surface area contributed by atoms with Crippen molar-refractivity contribution in [2.24, 2.45) is 17.1 Å². The zero-order valence-electron chi connectivity index (χ0n) is 12.9. The van der Waals surface area contributed by atoms with Gasteiger partial charge >= 0.3 is 0 Å². The van der Waals surface area contributed by atoms with Crippen LogP contribution in [0, 0.1) is 17.2 Å². The van der Waals surface area contributed by atoms with Gasteiger partial charge in [-0.15, -0.1) is 0 Å². The Morgan fingerprint density at radius 3 is 2.33 bits per heavy atom. The highest BCUT2D eigenvalue weighted by molar-refractivity contribution is 5.99. The fraction of sp³-hybridized carbons (Fsp3) is 0.562. The van der Waals surface area contributed by atoms with Crippen molar-refractivity contribution < 1.29 is 9.18 Å². The van der Waals surface area contributed by atoms with Gasteiger partial charge in [0.2, 0.25) is 0 Å². The lowest BCUT2D eigenvalue weighted by Crippen LogP contribution is -2.38. The number of rotatable bonds is 2. The van der Waals surface area contributed by atoms with Crippen LogP contribution in [0.15, 0.2) is 12.1 Å². The van der Waals surface area contributed by atoms with E-state index in [1.165, 1.54) is 12.1 Å². The SMILES string of the molecule is CC(C)(C)C1CCN(c2cc(C(N)=O)c(N)cc2F)CC1. The standard InChI is InChI=1S/C16H24FN3O/c1-16(2,3)10-4-6-20(7-5-10)14-8-11(15(19)21)13(18)9-12(14)17/h8-10H,4-7,18H2,1-3H3,(H2,19,21). The Kier molecular flexibility index (Phi) is 4.12. The van der Waals surface area contributed by atoms with E-state index in [-0.39, 0.29) is 16.7 Å². The maximum absolute atomic E-state index is 14.1. The highest BCUT2D eigenvalue weighted by Gasteiger charge is 2.30. The van der Waals surface area contributed by atoms with Gasteiger partial charge in [0.1, 0.15) is 5.82 Å². The van der Waals surface area contributed by atoms with E-state index in [4.69, 9.17) is 11.5 Å². The van der Waals surface area contributed by atoms with Crippen molar-refractivity contribution in [3.05, 3.63) is 23.5 Å². The van der Waals surface area contributed by atoms with Crippen molar-refractivity contribution in [3.63, 3.8) is 0 Å². The molecule has 0 bridgehead atoms. The minimum atomic E-state index is -0.627. The van der Waals surface area contributed by atoms with E-state index in [9.17, 15) is 9.18 Å². The molecule has 1 aliphatic rings. The van der Waals surface area contributed by atoms with Crippen LogP contribution in [0.25, 0.3) is 0 Å². The van der Waals surface area contributed by atoms with Gasteiger partial charge in [0.05, 0.1) is 11.3 Å². The molecule has 0 saturated carbocycles. The van der Waals surface area contributed by atoms with Gasteiger partial charge in [0.15, 0.2) is 0 Å². The summed E-state index contributed by atoms with van der Waals surface area (Å²) in [6.45, 7) is 8.27. The molecule has 1 aliphatic heterocycles. The molecule has 2 rings (SSSR count). The first-order chi connectivity index (χ1) is 9.70. The molecule has 1 fully saturated rings. The lowest BCUT2D eigenvalue weighted by molar-refractivity contribution is 0.100. The monoisotopic (exact) mass is 293 g/mol. The minimum Gasteiger partial charge on any atom is -0.398 e. The number of nitrogens with two attached hydrogens (primary N) is 2. The number of benzene rings is 1. The number of halogens is 1. The first-order valence-electron chi connectivity index (χ1n) is 7.34. The van der Waals surface area contributed by atoms with Crippen molar-refractivity contribution in [1.29, 1.82) is 0 Å². The Labute approximate surface area is 125 Å². The summed E-state index contributed by atoms with van der Waals surface area (Å²) in [5.74, 6) is -0.397. The zero-order valence-corrected chi connectivity index (χ0v) is 12.9. The number of carbonyl (C=O) groups excluding carboxylic acids is 1. The van der Waals surface area contributed by atoms with Crippen LogP contribution in [-0.4, -0.2) is 19.0 Å². The van der Waals surface area contributed by atoms with Crippen LogP contribution in [-0.2, 0) is 0 Å². The fourth-order valence-corrected chi connectivity index (χ4v) is 3.02. The third-order valence-electron chi connectivity index (χ3n) is 4.44. The van der Waals surface area contributed by atoms with Crippen molar-refractivity contribution in [2.75, 3.05) is 23.7 Å². The van der Waals surface area contributed by atoms with Gasteiger partial charge in [-0.2, -0.15) is 0 Å². The first-order valence-corrected chi connectivity index (χ1v) is 7.34. The molecule has 21 heavy (non-hydrogen) atoms. The van der Waals surface area contributed by atoms with Crippen LogP contribution in [0.3, 0.4) is 0 Å². The Hall–Kier alpha value is -1.78. The van der Waals surface area contributed by atoms with Crippen molar-refractivity contribution in [3.8, 4) is 0 Å². The Morgan fingerprint density at radius 1 is 1.29 bits per heavy atom. The van der Waals surface area contributed by atoms with Crippen molar-refractivity contribution in [2.45, 2.75) is 33.6 Å². The summed E-state index contributed by atoms with van der Waals surface area (Å²) in [5, 5.41) is 0. The second kappa shape index (κ2) is 5.54. The molecule has 0 radical (unpaired) electrons. The predicted octanol–water partition coefficient (Wildman–Crippen LogP) is 2.77. The normalized spacial score (nSPS) is 17.0. The van der Waals surface area contributed by atoms with Crippen LogP contribution in [0.1, 0.15) is 44.0 Å². The number of hydrogen-bond acceptors (Lipinski definition) is 3. The summed E-state index contributed by atoms with van der Waals surface area (Å²) in [7, 11) is 0. The summed E-state index contributed by atoms with van der Waals surface area (Å²) >= 11 is 0. The van der Waals surface area contributed by atoms with E-state index in [1.807, 2.05) is 4.90 Å². The van der Waals surface area contributed by atoms with Crippen LogP contribution in [0.4, 0.5) is 15.8 Å². The van der Waals surface area contributed by atoms with Crippen LogP contribution >= 0.6 is 0 Å². The molecule has 0 spiro atoms. The molecule has 1 heterocycles. The molecule has 0 aromatic heterocycles. The largest absolute Gasteiger partial charge is 0.398 e. The number of hydrogen-bond donors (Lipinski definition) is 2. The number of anilines is 2. The Morgan fingerprint density at radius 2 is 1.86 bits per heavy atom. The predicted molar refractivity (Wildman–Crippen MR) is 83.7 cm³/mol. The zero-order chi connectivity index (χ0) is 15.8. The second-order valence-electron chi connectivity index (χ2n) is 6.88. The third kappa shape index (κ3) is 3.28. The smallest absolute Gasteiger partial charge is 0.250 e. The van der Waals surface area contributed by atoms with E-state index in [0.29, 0.717) is 11.6 Å². The molecule has 4 nitrogen and oxygen atoms in total. The summed E-state index contributed by atoms with van der Waals surface area (Å²) in [6.07, 6.45) is 2.03. The lowest BCUT2D eigenvalue weighted by atomic mass is 9.75. The van der Waals surface area contributed by atoms with Gasteiger partial charge < -0.3 is 16.4 Å². The third-order valence-corrected chi connectivity index (χ3v) is 4.44. The molecule has 4 N–H and O–H groups in total. The molecule has 1 aromatic carbocycles. The molecular formula is C16H24FN3O. The summed E-state index contributed by atoms with van der Waals surface area (Å²) in [5.41, 5.74) is 11.9. The van der Waals surface area contributed by atoms with E-state index < -0.39 is 11.7 Å². The van der Waals surface area contributed by atoms with Crippen LogP contribution in [0.5, 0.6) is 0 Å². The second-order valence-corrected chi connectivity index (χ2v) is 6.88. The van der Waals surface area contributed by atoms with Gasteiger partial charge in [0.25, 0.3) is 5.91 Å². The van der Waals surface area contributed by atoms with Gasteiger partial charge in [0, 0.05) is 18.8 Å². The van der Waals surface area contributed by atoms with Crippen molar-refractivity contribution in [1.82, 2.24) is 0 Å². The molecule has 0 unspecified atom stereocenters. The van der Waals surface area contributed by atoms with Crippen molar-refractivity contribution >= 4 is 17.3 Å². The molecule has 1 saturated heterocycles. The summed E-state index contributed by atoms with van der Waals surface area (Å²) < 4.78 is 14.1. The first kappa shape index (κ1) is 15.6. The maximum Gasteiger partial charge on any atom is 0.250 e. The molecule has 1 amide bonds. The highest BCUT2D eigenvalue weighted by atomic mass is 19.1. The summed E-state index contributed by atoms with van der Waals surface area (Å²) in [6, 6.07) is 2.66. The van der Waals surface area contributed by atoms with Crippen LogP contribution in [0.2, 0.25) is 0 Å². The number of nitrogens with zero attached hydrogens (tertiary/aromatic N) is 1. The van der Waals surface area contributed by atoms with Gasteiger partial charge in [-0.1, -0.05) is 20.8 Å².